The van der Waals surface area contributed by atoms with Gasteiger partial charge in [-0.25, -0.2) is 9.78 Å². The molecule has 0 bridgehead atoms. The second-order valence-electron chi connectivity index (χ2n) is 5.13. The van der Waals surface area contributed by atoms with E-state index >= 15 is 0 Å². The van der Waals surface area contributed by atoms with Gasteiger partial charge in [0.25, 0.3) is 0 Å². The van der Waals surface area contributed by atoms with E-state index in [4.69, 9.17) is 14.9 Å². The molecule has 1 rings (SSSR count). The van der Waals surface area contributed by atoms with Crippen molar-refractivity contribution in [2.24, 2.45) is 0 Å². The molecule has 4 heteroatoms. The Labute approximate surface area is 102 Å². The average Bonchev–Trinajstić information content (AvgIpc) is 2.26. The zero-order valence-corrected chi connectivity index (χ0v) is 10.6. The first kappa shape index (κ1) is 14.1. The second kappa shape index (κ2) is 5.58. The molecule has 0 atom stereocenters. The van der Waals surface area contributed by atoms with Crippen molar-refractivity contribution in [3.05, 3.63) is 24.3 Å². The summed E-state index contributed by atoms with van der Waals surface area (Å²) in [5.74, 6) is -0.0658. The maximum Gasteiger partial charge on any atom is 0.178 e. The minimum absolute atomic E-state index is 0.0658. The van der Waals surface area contributed by atoms with Crippen LogP contribution in [0.15, 0.2) is 24.3 Å². The molecule has 0 fully saturated rings. The number of ketones is 1. The average molecular weight is 240 g/mol. The van der Waals surface area contributed by atoms with E-state index in [1.807, 2.05) is 20.8 Å². The largest absolute Gasteiger partial charge is 0.396 e. The molecular formula is C13H20O4. The van der Waals surface area contributed by atoms with Gasteiger partial charge in [0.05, 0.1) is 5.60 Å². The third kappa shape index (κ3) is 4.81. The minimum Gasteiger partial charge on any atom is -0.396 e. The van der Waals surface area contributed by atoms with Crippen molar-refractivity contribution >= 4 is 5.78 Å². The molecule has 0 amide bonds. The predicted octanol–water partition coefficient (Wildman–Crippen LogP) is 1.94. The zero-order valence-electron chi connectivity index (χ0n) is 10.6. The van der Waals surface area contributed by atoms with Crippen LogP contribution in [0.2, 0.25) is 0 Å². The molecular weight excluding hydrogens is 220 g/mol. The first-order valence-corrected chi connectivity index (χ1v) is 5.77. The summed E-state index contributed by atoms with van der Waals surface area (Å²) in [6.07, 6.45) is 7.43. The summed E-state index contributed by atoms with van der Waals surface area (Å²) < 4.78 is 0. The summed E-state index contributed by atoms with van der Waals surface area (Å²) >= 11 is 0. The van der Waals surface area contributed by atoms with Gasteiger partial charge >= 0.3 is 0 Å². The van der Waals surface area contributed by atoms with Gasteiger partial charge < -0.3 is 5.11 Å². The van der Waals surface area contributed by atoms with Gasteiger partial charge in [-0.2, -0.15) is 0 Å². The molecule has 0 aromatic rings. The van der Waals surface area contributed by atoms with Crippen LogP contribution in [0.3, 0.4) is 0 Å². The highest BCUT2D eigenvalue weighted by Crippen LogP contribution is 2.27. The van der Waals surface area contributed by atoms with E-state index in [2.05, 4.69) is 0 Å². The number of allylic oxidation sites excluding steroid dienone is 2. The lowest BCUT2D eigenvalue weighted by Gasteiger charge is -2.31. The van der Waals surface area contributed by atoms with Crippen molar-refractivity contribution in [2.75, 3.05) is 6.61 Å². The van der Waals surface area contributed by atoms with Gasteiger partial charge in [-0.05, 0) is 57.9 Å². The zero-order chi connectivity index (χ0) is 12.9. The highest BCUT2D eigenvalue weighted by atomic mass is 17.2. The van der Waals surface area contributed by atoms with E-state index in [9.17, 15) is 4.79 Å². The lowest BCUT2D eigenvalue weighted by atomic mass is 9.92. The monoisotopic (exact) mass is 240 g/mol. The Balaban J connectivity index is 2.70. The summed E-state index contributed by atoms with van der Waals surface area (Å²) in [5, 5.41) is 8.88. The maximum atomic E-state index is 11.1. The molecule has 0 spiro atoms. The van der Waals surface area contributed by atoms with Crippen LogP contribution in [-0.2, 0) is 14.6 Å². The van der Waals surface area contributed by atoms with Crippen LogP contribution < -0.4 is 0 Å². The molecule has 4 nitrogen and oxygen atoms in total. The second-order valence-corrected chi connectivity index (χ2v) is 5.13. The molecule has 1 N–H and O–H groups in total. The van der Waals surface area contributed by atoms with Gasteiger partial charge in [-0.15, -0.1) is 0 Å². The van der Waals surface area contributed by atoms with Crippen molar-refractivity contribution in [3.63, 3.8) is 0 Å². The molecule has 96 valence electrons. The van der Waals surface area contributed by atoms with Gasteiger partial charge in [0.1, 0.15) is 5.60 Å². The molecule has 17 heavy (non-hydrogen) atoms. The lowest BCUT2D eigenvalue weighted by molar-refractivity contribution is -0.384. The fourth-order valence-corrected chi connectivity index (χ4v) is 1.38. The Kier molecular flexibility index (Phi) is 4.62. The fraction of sp³-hybridized carbons (Fsp3) is 0.615. The number of carbonyl (C=O) groups is 1. The van der Waals surface area contributed by atoms with E-state index in [1.165, 1.54) is 12.2 Å². The topological polar surface area (TPSA) is 55.8 Å². The first-order valence-electron chi connectivity index (χ1n) is 5.77. The summed E-state index contributed by atoms with van der Waals surface area (Å²) in [6.45, 7) is 5.73. The summed E-state index contributed by atoms with van der Waals surface area (Å²) in [4.78, 5) is 21.9. The van der Waals surface area contributed by atoms with E-state index in [0.29, 0.717) is 12.8 Å². The first-order chi connectivity index (χ1) is 7.87. The predicted molar refractivity (Wildman–Crippen MR) is 64.3 cm³/mol. The van der Waals surface area contributed by atoms with Crippen molar-refractivity contribution < 1.29 is 19.7 Å². The molecule has 0 saturated carbocycles. The van der Waals surface area contributed by atoms with E-state index in [1.54, 1.807) is 12.2 Å². The van der Waals surface area contributed by atoms with E-state index in [0.717, 1.165) is 0 Å². The highest BCUT2D eigenvalue weighted by molar-refractivity contribution is 6.00. The smallest absolute Gasteiger partial charge is 0.178 e. The Morgan fingerprint density at radius 2 is 1.88 bits per heavy atom. The van der Waals surface area contributed by atoms with Gasteiger partial charge in [0.15, 0.2) is 5.78 Å². The highest BCUT2D eigenvalue weighted by Gasteiger charge is 2.30. The van der Waals surface area contributed by atoms with Crippen LogP contribution in [0.25, 0.3) is 0 Å². The van der Waals surface area contributed by atoms with Crippen LogP contribution in [0.5, 0.6) is 0 Å². The summed E-state index contributed by atoms with van der Waals surface area (Å²) in [5.41, 5.74) is -1.17. The summed E-state index contributed by atoms with van der Waals surface area (Å²) in [6, 6.07) is 0. The number of aliphatic hydroxyl groups excluding tert-OH is 1. The van der Waals surface area contributed by atoms with Gasteiger partial charge in [-0.1, -0.05) is 0 Å². The third-order valence-electron chi connectivity index (χ3n) is 2.23. The molecule has 0 radical (unpaired) electrons. The number of carbonyl (C=O) groups excluding carboxylic acids is 1. The molecule has 1 aliphatic rings. The molecule has 1 aliphatic carbocycles. The Morgan fingerprint density at radius 1 is 1.29 bits per heavy atom. The quantitative estimate of drug-likeness (QED) is 0.589. The van der Waals surface area contributed by atoms with Crippen molar-refractivity contribution in [3.8, 4) is 0 Å². The van der Waals surface area contributed by atoms with E-state index in [-0.39, 0.29) is 12.4 Å². The fourth-order valence-electron chi connectivity index (χ4n) is 1.38. The van der Waals surface area contributed by atoms with Crippen LogP contribution in [0.4, 0.5) is 0 Å². The molecule has 0 heterocycles. The Morgan fingerprint density at radius 3 is 2.35 bits per heavy atom. The maximum absolute atomic E-state index is 11.1. The minimum atomic E-state index is -0.746. The normalized spacial score (nSPS) is 18.7. The van der Waals surface area contributed by atoms with Crippen molar-refractivity contribution in [1.82, 2.24) is 0 Å². The van der Waals surface area contributed by atoms with Crippen LogP contribution in [0, 0.1) is 0 Å². The number of hydrogen-bond donors (Lipinski definition) is 1. The number of hydrogen-bond acceptors (Lipinski definition) is 4. The van der Waals surface area contributed by atoms with Gasteiger partial charge in [-0.3, -0.25) is 4.79 Å². The van der Waals surface area contributed by atoms with Crippen molar-refractivity contribution in [1.29, 1.82) is 0 Å². The van der Waals surface area contributed by atoms with Gasteiger partial charge in [0.2, 0.25) is 0 Å². The SMILES string of the molecule is CC(C)(C)OOC1(CCCO)C=CC(=O)C=C1. The Bertz CT molecular complexity index is 307. The van der Waals surface area contributed by atoms with Crippen molar-refractivity contribution in [2.45, 2.75) is 44.8 Å². The van der Waals surface area contributed by atoms with Crippen LogP contribution >= 0.6 is 0 Å². The number of aliphatic hydroxyl groups is 1. The third-order valence-corrected chi connectivity index (χ3v) is 2.23. The molecule has 0 saturated heterocycles. The summed E-state index contributed by atoms with van der Waals surface area (Å²) in [7, 11) is 0. The lowest BCUT2D eigenvalue weighted by Crippen LogP contribution is -2.34. The van der Waals surface area contributed by atoms with E-state index < -0.39 is 11.2 Å². The molecule has 0 aromatic carbocycles. The molecule has 0 aliphatic heterocycles. The molecule has 0 aromatic heterocycles. The van der Waals surface area contributed by atoms with Crippen LogP contribution in [-0.4, -0.2) is 28.7 Å². The standard InChI is InChI=1S/C13H20O4/c1-12(2,3)16-17-13(7-4-10-14)8-5-11(15)6-9-13/h5-6,8-9,14H,4,7,10H2,1-3H3. The number of rotatable bonds is 5. The Hall–Kier alpha value is -0.970. The van der Waals surface area contributed by atoms with Gasteiger partial charge in [0, 0.05) is 6.61 Å². The molecule has 0 unspecified atom stereocenters. The van der Waals surface area contributed by atoms with Crippen LogP contribution in [0.1, 0.15) is 33.6 Å².